The summed E-state index contributed by atoms with van der Waals surface area (Å²) in [5.74, 6) is 0. The molecular weight excluding hydrogens is 296 g/mol. The van der Waals surface area contributed by atoms with Crippen LogP contribution in [0.2, 0.25) is 0 Å². The van der Waals surface area contributed by atoms with Crippen molar-refractivity contribution in [3.8, 4) is 23.3 Å². The van der Waals surface area contributed by atoms with E-state index >= 15 is 0 Å². The summed E-state index contributed by atoms with van der Waals surface area (Å²) in [6.45, 7) is 4.64. The van der Waals surface area contributed by atoms with Crippen LogP contribution in [-0.4, -0.2) is 9.55 Å². The van der Waals surface area contributed by atoms with Gasteiger partial charge in [-0.1, -0.05) is 18.2 Å². The third-order valence-corrected chi connectivity index (χ3v) is 4.24. The van der Waals surface area contributed by atoms with E-state index in [1.165, 1.54) is 0 Å². The molecule has 0 amide bonds. The molecule has 0 aliphatic carbocycles. The van der Waals surface area contributed by atoms with Crippen molar-refractivity contribution in [3.63, 3.8) is 0 Å². The summed E-state index contributed by atoms with van der Waals surface area (Å²) in [7, 11) is 0. The minimum Gasteiger partial charge on any atom is -0.343 e. The van der Waals surface area contributed by atoms with Gasteiger partial charge in [-0.3, -0.25) is 4.98 Å². The summed E-state index contributed by atoms with van der Waals surface area (Å²) >= 11 is 0. The molecule has 0 N–H and O–H groups in total. The van der Waals surface area contributed by atoms with E-state index < -0.39 is 0 Å². The lowest BCUT2D eigenvalue weighted by Crippen LogP contribution is -2.04. The number of nitriles is 2. The topological polar surface area (TPSA) is 65.4 Å². The Hall–Kier alpha value is -3.37. The lowest BCUT2D eigenvalue weighted by Gasteiger charge is -2.09. The molecule has 0 saturated carbocycles. The van der Waals surface area contributed by atoms with Crippen LogP contribution in [0.15, 0.2) is 48.8 Å². The highest BCUT2D eigenvalue weighted by Gasteiger charge is 2.19. The van der Waals surface area contributed by atoms with Crippen LogP contribution in [-0.2, 0) is 6.54 Å². The molecule has 0 radical (unpaired) electrons. The number of benzene rings is 1. The van der Waals surface area contributed by atoms with Gasteiger partial charge in [0.25, 0.3) is 0 Å². The molecule has 0 bridgehead atoms. The minimum atomic E-state index is 0.591. The summed E-state index contributed by atoms with van der Waals surface area (Å²) in [4.78, 5) is 4.16. The molecular formula is C20H16N4. The molecule has 0 atom stereocenters. The van der Waals surface area contributed by atoms with Gasteiger partial charge >= 0.3 is 0 Å². The maximum absolute atomic E-state index is 9.65. The minimum absolute atomic E-state index is 0.591. The number of hydrogen-bond acceptors (Lipinski definition) is 3. The van der Waals surface area contributed by atoms with Crippen LogP contribution in [0.4, 0.5) is 0 Å². The molecule has 3 rings (SSSR count). The molecule has 24 heavy (non-hydrogen) atoms. The van der Waals surface area contributed by atoms with E-state index in [0.29, 0.717) is 17.7 Å². The fourth-order valence-corrected chi connectivity index (χ4v) is 3.03. The maximum Gasteiger partial charge on any atom is 0.102 e. The first kappa shape index (κ1) is 15.5. The lowest BCUT2D eigenvalue weighted by molar-refractivity contribution is 0.746. The summed E-state index contributed by atoms with van der Waals surface area (Å²) in [5.41, 5.74) is 6.08. The molecule has 4 heteroatoms. The fourth-order valence-electron chi connectivity index (χ4n) is 3.03. The predicted octanol–water partition coefficient (Wildman–Crippen LogP) is 3.96. The van der Waals surface area contributed by atoms with Crippen molar-refractivity contribution in [1.82, 2.24) is 9.55 Å². The standard InChI is InChI=1S/C20H16N4/c1-14-19(11-22)20(18-7-3-5-16(9-18)10-21)15(2)24(14)13-17-6-4-8-23-12-17/h3-9,12H,13H2,1-2H3. The smallest absolute Gasteiger partial charge is 0.102 e. The van der Waals surface area contributed by atoms with Crippen molar-refractivity contribution in [2.45, 2.75) is 20.4 Å². The van der Waals surface area contributed by atoms with Gasteiger partial charge in [-0.25, -0.2) is 0 Å². The average Bonchev–Trinajstić information content (AvgIpc) is 2.86. The quantitative estimate of drug-likeness (QED) is 0.735. The van der Waals surface area contributed by atoms with Gasteiger partial charge < -0.3 is 4.57 Å². The first-order valence-corrected chi connectivity index (χ1v) is 7.65. The van der Waals surface area contributed by atoms with E-state index in [9.17, 15) is 5.26 Å². The highest BCUT2D eigenvalue weighted by atomic mass is 15.0. The molecule has 0 spiro atoms. The van der Waals surface area contributed by atoms with Crippen molar-refractivity contribution in [3.05, 3.63) is 76.9 Å². The number of pyridine rings is 1. The fraction of sp³-hybridized carbons (Fsp3) is 0.150. The Morgan fingerprint density at radius 3 is 2.54 bits per heavy atom. The Kier molecular flexibility index (Phi) is 4.14. The Morgan fingerprint density at radius 1 is 1.04 bits per heavy atom. The second-order valence-electron chi connectivity index (χ2n) is 5.67. The van der Waals surface area contributed by atoms with Gasteiger partial charge in [0.15, 0.2) is 0 Å². The van der Waals surface area contributed by atoms with E-state index in [1.54, 1.807) is 12.3 Å². The van der Waals surface area contributed by atoms with Gasteiger partial charge in [0.05, 0.1) is 17.2 Å². The molecule has 0 unspecified atom stereocenters. The molecule has 4 nitrogen and oxygen atoms in total. The largest absolute Gasteiger partial charge is 0.343 e. The zero-order valence-corrected chi connectivity index (χ0v) is 13.6. The van der Waals surface area contributed by atoms with Crippen LogP contribution in [0.25, 0.3) is 11.1 Å². The molecule has 0 aliphatic rings. The van der Waals surface area contributed by atoms with Crippen LogP contribution < -0.4 is 0 Å². The van der Waals surface area contributed by atoms with Crippen LogP contribution in [0.3, 0.4) is 0 Å². The van der Waals surface area contributed by atoms with E-state index in [4.69, 9.17) is 5.26 Å². The van der Waals surface area contributed by atoms with E-state index in [0.717, 1.165) is 28.1 Å². The Bertz CT molecular complexity index is 969. The summed E-state index contributed by atoms with van der Waals surface area (Å²) in [6, 6.07) is 15.8. The summed E-state index contributed by atoms with van der Waals surface area (Å²) in [6.07, 6.45) is 3.58. The normalized spacial score (nSPS) is 10.2. The van der Waals surface area contributed by atoms with Crippen molar-refractivity contribution in [2.24, 2.45) is 0 Å². The highest BCUT2D eigenvalue weighted by molar-refractivity contribution is 5.76. The maximum atomic E-state index is 9.65. The predicted molar refractivity (Wildman–Crippen MR) is 92.1 cm³/mol. The van der Waals surface area contributed by atoms with Gasteiger partial charge in [-0.2, -0.15) is 10.5 Å². The molecule has 0 fully saturated rings. The lowest BCUT2D eigenvalue weighted by atomic mass is 9.99. The molecule has 116 valence electrons. The SMILES string of the molecule is Cc1c(C#N)c(-c2cccc(C#N)c2)c(C)n1Cc1cccnc1. The Labute approximate surface area is 141 Å². The number of nitrogens with zero attached hydrogens (tertiary/aromatic N) is 4. The molecule has 3 aromatic rings. The second kappa shape index (κ2) is 6.40. The van der Waals surface area contributed by atoms with E-state index in [1.807, 2.05) is 50.4 Å². The Balaban J connectivity index is 2.16. The zero-order chi connectivity index (χ0) is 17.1. The van der Waals surface area contributed by atoms with Crippen molar-refractivity contribution in [2.75, 3.05) is 0 Å². The molecule has 0 aliphatic heterocycles. The Morgan fingerprint density at radius 2 is 1.88 bits per heavy atom. The van der Waals surface area contributed by atoms with Crippen molar-refractivity contribution < 1.29 is 0 Å². The van der Waals surface area contributed by atoms with Gasteiger partial charge in [0.2, 0.25) is 0 Å². The molecule has 0 saturated heterocycles. The molecule has 1 aromatic carbocycles. The number of hydrogen-bond donors (Lipinski definition) is 0. The van der Waals surface area contributed by atoms with Crippen LogP contribution >= 0.6 is 0 Å². The average molecular weight is 312 g/mol. The summed E-state index contributed by atoms with van der Waals surface area (Å²) in [5, 5.41) is 18.8. The van der Waals surface area contributed by atoms with Crippen LogP contribution in [0.1, 0.15) is 28.1 Å². The zero-order valence-electron chi connectivity index (χ0n) is 13.6. The van der Waals surface area contributed by atoms with Crippen LogP contribution in [0.5, 0.6) is 0 Å². The number of aromatic nitrogens is 2. The first-order chi connectivity index (χ1) is 11.7. The summed E-state index contributed by atoms with van der Waals surface area (Å²) < 4.78 is 2.13. The monoisotopic (exact) mass is 312 g/mol. The third kappa shape index (κ3) is 2.66. The second-order valence-corrected chi connectivity index (χ2v) is 5.67. The number of rotatable bonds is 3. The van der Waals surface area contributed by atoms with Gasteiger partial charge in [-0.05, 0) is 43.2 Å². The highest BCUT2D eigenvalue weighted by Crippen LogP contribution is 2.32. The van der Waals surface area contributed by atoms with Crippen molar-refractivity contribution in [1.29, 1.82) is 10.5 Å². The third-order valence-electron chi connectivity index (χ3n) is 4.24. The molecule has 2 heterocycles. The van der Waals surface area contributed by atoms with E-state index in [-0.39, 0.29) is 0 Å². The van der Waals surface area contributed by atoms with Gasteiger partial charge in [0.1, 0.15) is 6.07 Å². The van der Waals surface area contributed by atoms with Crippen molar-refractivity contribution >= 4 is 0 Å². The first-order valence-electron chi connectivity index (χ1n) is 7.65. The van der Waals surface area contributed by atoms with Gasteiger partial charge in [0, 0.05) is 35.9 Å². The molecule has 2 aromatic heterocycles. The van der Waals surface area contributed by atoms with Gasteiger partial charge in [-0.15, -0.1) is 0 Å². The van der Waals surface area contributed by atoms with Crippen LogP contribution in [0, 0.1) is 36.5 Å². The van der Waals surface area contributed by atoms with E-state index in [2.05, 4.69) is 21.7 Å².